The summed E-state index contributed by atoms with van der Waals surface area (Å²) in [6.07, 6.45) is 4.92. The monoisotopic (exact) mass is 326 g/mol. The van der Waals surface area contributed by atoms with Crippen LogP contribution < -0.4 is 5.32 Å². The van der Waals surface area contributed by atoms with Gasteiger partial charge < -0.3 is 5.32 Å². The number of rotatable bonds is 7. The van der Waals surface area contributed by atoms with E-state index in [1.54, 1.807) is 17.8 Å². The molecule has 0 aliphatic heterocycles. The van der Waals surface area contributed by atoms with Crippen LogP contribution in [0.3, 0.4) is 0 Å². The third kappa shape index (κ3) is 3.61. The first-order chi connectivity index (χ1) is 10.5. The highest BCUT2D eigenvalue weighted by Gasteiger charge is 2.25. The molecule has 2 rings (SSSR count). The highest BCUT2D eigenvalue weighted by molar-refractivity contribution is 6.30. The number of hydrogen-bond acceptors (Lipinski definition) is 5. The molecule has 0 bridgehead atoms. The van der Waals surface area contributed by atoms with Gasteiger partial charge in [0, 0.05) is 25.8 Å². The summed E-state index contributed by atoms with van der Waals surface area (Å²) in [7, 11) is 0. The second kappa shape index (κ2) is 7.03. The van der Waals surface area contributed by atoms with Crippen molar-refractivity contribution in [3.8, 4) is 0 Å². The summed E-state index contributed by atoms with van der Waals surface area (Å²) in [5.74, 6) is -0.510. The Morgan fingerprint density at radius 1 is 1.45 bits per heavy atom. The van der Waals surface area contributed by atoms with Crippen LogP contribution in [-0.2, 0) is 13.1 Å². The van der Waals surface area contributed by atoms with E-state index in [9.17, 15) is 14.9 Å². The molecule has 0 atom stereocenters. The molecule has 0 saturated heterocycles. The lowest BCUT2D eigenvalue weighted by Crippen LogP contribution is -2.28. The molecule has 2 heterocycles. The average molecular weight is 327 g/mol. The summed E-state index contributed by atoms with van der Waals surface area (Å²) >= 11 is 5.75. The number of nitrogens with one attached hydrogen (secondary N) is 1. The van der Waals surface area contributed by atoms with Gasteiger partial charge in [0.15, 0.2) is 0 Å². The van der Waals surface area contributed by atoms with Gasteiger partial charge in [0.2, 0.25) is 5.69 Å². The van der Waals surface area contributed by atoms with Crippen LogP contribution in [0.4, 0.5) is 5.69 Å². The number of amides is 1. The molecule has 9 nitrogen and oxygen atoms in total. The van der Waals surface area contributed by atoms with E-state index in [0.717, 1.165) is 6.20 Å². The third-order valence-electron chi connectivity index (χ3n) is 2.98. The maximum absolute atomic E-state index is 12.1. The fourth-order valence-electron chi connectivity index (χ4n) is 1.97. The summed E-state index contributed by atoms with van der Waals surface area (Å²) in [6.45, 7) is 3.09. The number of halogens is 1. The maximum Gasteiger partial charge on any atom is 0.320 e. The zero-order chi connectivity index (χ0) is 16.1. The molecule has 118 valence electrons. The molecule has 10 heteroatoms. The number of aryl methyl sites for hydroxylation is 2. The maximum atomic E-state index is 12.1. The van der Waals surface area contributed by atoms with Crippen LogP contribution in [0.25, 0.3) is 0 Å². The number of nitro groups is 1. The molecule has 0 saturated carbocycles. The summed E-state index contributed by atoms with van der Waals surface area (Å²) in [6, 6.07) is 0. The normalized spacial score (nSPS) is 10.6. The van der Waals surface area contributed by atoms with Crippen LogP contribution in [0, 0.1) is 10.1 Å². The van der Waals surface area contributed by atoms with Crippen molar-refractivity contribution >= 4 is 23.2 Å². The molecule has 0 radical (unpaired) electrons. The first-order valence-corrected chi connectivity index (χ1v) is 7.07. The van der Waals surface area contributed by atoms with Gasteiger partial charge in [-0.3, -0.25) is 24.3 Å². The predicted octanol–water partition coefficient (Wildman–Crippen LogP) is 1.48. The quantitative estimate of drug-likeness (QED) is 0.471. The van der Waals surface area contributed by atoms with E-state index >= 15 is 0 Å². The Labute approximate surface area is 131 Å². The Hall–Kier alpha value is -2.42. The molecule has 0 aromatic carbocycles. The molecule has 1 N–H and O–H groups in total. The van der Waals surface area contributed by atoms with Crippen LogP contribution in [0.2, 0.25) is 5.02 Å². The highest BCUT2D eigenvalue weighted by atomic mass is 35.5. The van der Waals surface area contributed by atoms with Gasteiger partial charge in [0.05, 0.1) is 16.1 Å². The number of hydrogen-bond donors (Lipinski definition) is 1. The molecule has 1 amide bonds. The van der Waals surface area contributed by atoms with Gasteiger partial charge in [-0.25, -0.2) is 0 Å². The fourth-order valence-corrected chi connectivity index (χ4v) is 2.13. The molecule has 2 aromatic heterocycles. The Kier molecular flexibility index (Phi) is 5.10. The second-order valence-electron chi connectivity index (χ2n) is 4.48. The van der Waals surface area contributed by atoms with Crippen molar-refractivity contribution in [2.75, 3.05) is 6.54 Å². The molecule has 0 aliphatic carbocycles. The lowest BCUT2D eigenvalue weighted by Gasteiger charge is -2.06. The van der Waals surface area contributed by atoms with Crippen LogP contribution in [0.1, 0.15) is 23.8 Å². The first kappa shape index (κ1) is 16.0. The molecular weight excluding hydrogens is 312 g/mol. The van der Waals surface area contributed by atoms with Crippen LogP contribution in [0.5, 0.6) is 0 Å². The zero-order valence-corrected chi connectivity index (χ0v) is 12.7. The van der Waals surface area contributed by atoms with Crippen LogP contribution in [-0.4, -0.2) is 36.9 Å². The first-order valence-electron chi connectivity index (χ1n) is 6.69. The van der Waals surface area contributed by atoms with E-state index in [4.69, 9.17) is 11.6 Å². The average Bonchev–Trinajstić information content (AvgIpc) is 3.09. The van der Waals surface area contributed by atoms with Gasteiger partial charge in [0.1, 0.15) is 6.20 Å². The predicted molar refractivity (Wildman–Crippen MR) is 78.7 cm³/mol. The minimum atomic E-state index is -0.611. The molecular formula is C12H15ClN6O3. The van der Waals surface area contributed by atoms with Gasteiger partial charge in [-0.1, -0.05) is 11.6 Å². The zero-order valence-electron chi connectivity index (χ0n) is 11.9. The number of nitrogens with zero attached hydrogens (tertiary/aromatic N) is 5. The van der Waals surface area contributed by atoms with Gasteiger partial charge in [-0.2, -0.15) is 10.2 Å². The highest BCUT2D eigenvalue weighted by Crippen LogP contribution is 2.17. The van der Waals surface area contributed by atoms with Crippen molar-refractivity contribution < 1.29 is 9.72 Å². The van der Waals surface area contributed by atoms with E-state index in [1.165, 1.54) is 10.9 Å². The van der Waals surface area contributed by atoms with Gasteiger partial charge in [-0.05, 0) is 13.3 Å². The molecule has 0 unspecified atom stereocenters. The molecule has 0 spiro atoms. The smallest absolute Gasteiger partial charge is 0.320 e. The number of aromatic nitrogens is 4. The Morgan fingerprint density at radius 2 is 2.23 bits per heavy atom. The molecule has 2 aromatic rings. The van der Waals surface area contributed by atoms with E-state index < -0.39 is 10.8 Å². The lowest BCUT2D eigenvalue weighted by atomic mass is 10.3. The summed E-state index contributed by atoms with van der Waals surface area (Å²) in [4.78, 5) is 22.4. The molecule has 0 fully saturated rings. The Balaban J connectivity index is 1.92. The van der Waals surface area contributed by atoms with Crippen molar-refractivity contribution in [3.05, 3.63) is 39.4 Å². The van der Waals surface area contributed by atoms with Gasteiger partial charge >= 0.3 is 5.69 Å². The summed E-state index contributed by atoms with van der Waals surface area (Å²) < 4.78 is 2.97. The molecule has 0 aliphatic rings. The van der Waals surface area contributed by atoms with Crippen molar-refractivity contribution in [1.82, 2.24) is 24.9 Å². The summed E-state index contributed by atoms with van der Waals surface area (Å²) in [5, 5.41) is 22.0. The Bertz CT molecular complexity index is 680. The second-order valence-corrected chi connectivity index (χ2v) is 4.92. The van der Waals surface area contributed by atoms with E-state index in [0.29, 0.717) is 31.1 Å². The van der Waals surface area contributed by atoms with Crippen molar-refractivity contribution in [3.63, 3.8) is 0 Å². The minimum absolute atomic E-state index is 0.0327. The van der Waals surface area contributed by atoms with E-state index in [1.807, 2.05) is 0 Å². The van der Waals surface area contributed by atoms with Crippen molar-refractivity contribution in [1.29, 1.82) is 0 Å². The number of carbonyl (C=O) groups is 1. The largest absolute Gasteiger partial charge is 0.350 e. The number of carbonyl (C=O) groups excluding carboxylic acids is 1. The summed E-state index contributed by atoms with van der Waals surface area (Å²) in [5.41, 5.74) is -0.326. The lowest BCUT2D eigenvalue weighted by molar-refractivity contribution is -0.385. The third-order valence-corrected chi connectivity index (χ3v) is 3.18. The van der Waals surface area contributed by atoms with E-state index in [2.05, 4.69) is 15.5 Å². The minimum Gasteiger partial charge on any atom is -0.350 e. The van der Waals surface area contributed by atoms with Gasteiger partial charge in [-0.15, -0.1) is 0 Å². The van der Waals surface area contributed by atoms with Crippen LogP contribution >= 0.6 is 11.6 Å². The standard InChI is InChI=1S/C12H15ClN6O3/c1-2-18-11(10(7-16-18)19(21)22)12(20)14-4-3-5-17-8-9(13)6-15-17/h6-8H,2-5H2,1H3,(H,14,20). The van der Waals surface area contributed by atoms with Crippen LogP contribution in [0.15, 0.2) is 18.6 Å². The van der Waals surface area contributed by atoms with Crippen molar-refractivity contribution in [2.45, 2.75) is 26.4 Å². The topological polar surface area (TPSA) is 108 Å². The van der Waals surface area contributed by atoms with Gasteiger partial charge in [0.25, 0.3) is 5.91 Å². The van der Waals surface area contributed by atoms with E-state index in [-0.39, 0.29) is 11.4 Å². The Morgan fingerprint density at radius 3 is 2.82 bits per heavy atom. The fraction of sp³-hybridized carbons (Fsp3) is 0.417. The molecule has 22 heavy (non-hydrogen) atoms. The van der Waals surface area contributed by atoms with Crippen molar-refractivity contribution in [2.24, 2.45) is 0 Å². The SMILES string of the molecule is CCn1ncc([N+](=O)[O-])c1C(=O)NCCCn1cc(Cl)cn1.